The number of nitrogens with two attached hydrogens (primary N) is 2. The van der Waals surface area contributed by atoms with Crippen molar-refractivity contribution < 1.29 is 9.13 Å². The van der Waals surface area contributed by atoms with E-state index in [-0.39, 0.29) is 22.1 Å². The van der Waals surface area contributed by atoms with Crippen LogP contribution in [0.2, 0.25) is 5.02 Å². The molecule has 94 valence electrons. The van der Waals surface area contributed by atoms with Crippen molar-refractivity contribution in [1.29, 1.82) is 0 Å². The van der Waals surface area contributed by atoms with Crippen molar-refractivity contribution in [2.45, 2.75) is 0 Å². The summed E-state index contributed by atoms with van der Waals surface area (Å²) in [4.78, 5) is 3.89. The van der Waals surface area contributed by atoms with E-state index in [0.717, 1.165) is 0 Å². The van der Waals surface area contributed by atoms with Gasteiger partial charge in [-0.05, 0) is 28.1 Å². The summed E-state index contributed by atoms with van der Waals surface area (Å²) in [6.45, 7) is 0. The van der Waals surface area contributed by atoms with Crippen molar-refractivity contribution in [3.63, 3.8) is 0 Å². The SMILES string of the molecule is Nc1cc(N)c(Oc2cncc(Br)c2)c(F)c1Cl. The Labute approximate surface area is 116 Å². The van der Waals surface area contributed by atoms with E-state index in [1.165, 1.54) is 12.3 Å². The van der Waals surface area contributed by atoms with Crippen LogP contribution >= 0.6 is 27.5 Å². The molecular formula is C11H8BrClFN3O. The van der Waals surface area contributed by atoms with E-state index in [9.17, 15) is 4.39 Å². The maximum atomic E-state index is 13.9. The fourth-order valence-corrected chi connectivity index (χ4v) is 1.80. The Hall–Kier alpha value is -1.53. The Morgan fingerprint density at radius 3 is 2.61 bits per heavy atom. The number of benzene rings is 1. The van der Waals surface area contributed by atoms with E-state index in [1.54, 1.807) is 12.3 Å². The number of halogens is 3. The van der Waals surface area contributed by atoms with Gasteiger partial charge in [0, 0.05) is 10.7 Å². The normalized spacial score (nSPS) is 10.4. The standard InChI is InChI=1S/C11H8BrClFN3O/c12-5-1-6(4-17-3-5)18-11-8(16)2-7(15)9(13)10(11)14/h1-4H,15-16H2. The summed E-state index contributed by atoms with van der Waals surface area (Å²) in [6, 6.07) is 2.96. The Morgan fingerprint density at radius 2 is 1.94 bits per heavy atom. The minimum Gasteiger partial charge on any atom is -0.450 e. The first-order valence-corrected chi connectivity index (χ1v) is 5.97. The van der Waals surface area contributed by atoms with Crippen LogP contribution in [0.3, 0.4) is 0 Å². The van der Waals surface area contributed by atoms with Gasteiger partial charge in [0.2, 0.25) is 0 Å². The van der Waals surface area contributed by atoms with Gasteiger partial charge >= 0.3 is 0 Å². The molecule has 1 aromatic carbocycles. The molecule has 0 atom stereocenters. The van der Waals surface area contributed by atoms with Crippen LogP contribution < -0.4 is 16.2 Å². The lowest BCUT2D eigenvalue weighted by Crippen LogP contribution is -1.99. The van der Waals surface area contributed by atoms with Crippen LogP contribution in [0.1, 0.15) is 0 Å². The van der Waals surface area contributed by atoms with Crippen LogP contribution in [0.5, 0.6) is 11.5 Å². The van der Waals surface area contributed by atoms with E-state index in [0.29, 0.717) is 10.2 Å². The molecule has 0 unspecified atom stereocenters. The molecule has 7 heteroatoms. The summed E-state index contributed by atoms with van der Waals surface area (Å²) in [7, 11) is 0. The second-order valence-corrected chi connectivity index (χ2v) is 4.75. The molecule has 0 fully saturated rings. The van der Waals surface area contributed by atoms with Gasteiger partial charge in [0.1, 0.15) is 10.8 Å². The van der Waals surface area contributed by atoms with E-state index < -0.39 is 5.82 Å². The van der Waals surface area contributed by atoms with Gasteiger partial charge in [-0.25, -0.2) is 4.39 Å². The first-order chi connectivity index (χ1) is 8.49. The van der Waals surface area contributed by atoms with Crippen LogP contribution in [0, 0.1) is 5.82 Å². The molecule has 2 rings (SSSR count). The van der Waals surface area contributed by atoms with E-state index in [2.05, 4.69) is 20.9 Å². The molecule has 1 aromatic heterocycles. The molecule has 1 heterocycles. The molecule has 0 bridgehead atoms. The third kappa shape index (κ3) is 2.49. The third-order valence-electron chi connectivity index (χ3n) is 2.12. The molecule has 2 aromatic rings. The topological polar surface area (TPSA) is 74.2 Å². The number of anilines is 2. The van der Waals surface area contributed by atoms with Crippen molar-refractivity contribution >= 4 is 38.9 Å². The maximum absolute atomic E-state index is 13.9. The Bertz CT molecular complexity index is 609. The van der Waals surface area contributed by atoms with Gasteiger partial charge in [-0.2, -0.15) is 0 Å². The van der Waals surface area contributed by atoms with Crippen molar-refractivity contribution in [3.8, 4) is 11.5 Å². The predicted molar refractivity (Wildman–Crippen MR) is 72.2 cm³/mol. The number of hydrogen-bond acceptors (Lipinski definition) is 4. The predicted octanol–water partition coefficient (Wildman–Crippen LogP) is 3.59. The maximum Gasteiger partial charge on any atom is 0.188 e. The molecule has 0 aliphatic heterocycles. The van der Waals surface area contributed by atoms with Crippen LogP contribution in [-0.4, -0.2) is 4.98 Å². The Balaban J connectivity index is 2.44. The lowest BCUT2D eigenvalue weighted by molar-refractivity contribution is 0.443. The third-order valence-corrected chi connectivity index (χ3v) is 2.94. The number of nitrogen functional groups attached to an aromatic ring is 2. The molecule has 0 amide bonds. The van der Waals surface area contributed by atoms with Gasteiger partial charge in [-0.3, -0.25) is 4.98 Å². The molecule has 18 heavy (non-hydrogen) atoms. The second-order valence-electron chi connectivity index (χ2n) is 3.45. The Kier molecular flexibility index (Phi) is 3.58. The van der Waals surface area contributed by atoms with Gasteiger partial charge in [0.05, 0.1) is 17.6 Å². The summed E-state index contributed by atoms with van der Waals surface area (Å²) in [5, 5.41) is -0.220. The molecule has 0 radical (unpaired) electrons. The highest BCUT2D eigenvalue weighted by Crippen LogP contribution is 2.38. The summed E-state index contributed by atoms with van der Waals surface area (Å²) in [6.07, 6.45) is 3.00. The van der Waals surface area contributed by atoms with Crippen LogP contribution in [-0.2, 0) is 0 Å². The summed E-state index contributed by atoms with van der Waals surface area (Å²) in [5.74, 6) is -0.640. The molecule has 0 aliphatic rings. The van der Waals surface area contributed by atoms with Crippen molar-refractivity contribution in [2.75, 3.05) is 11.5 Å². The highest BCUT2D eigenvalue weighted by molar-refractivity contribution is 9.10. The lowest BCUT2D eigenvalue weighted by Gasteiger charge is -2.11. The smallest absolute Gasteiger partial charge is 0.188 e. The Morgan fingerprint density at radius 1 is 1.22 bits per heavy atom. The van der Waals surface area contributed by atoms with E-state index in [1.807, 2.05) is 0 Å². The van der Waals surface area contributed by atoms with E-state index in [4.69, 9.17) is 27.8 Å². The number of rotatable bonds is 2. The first-order valence-electron chi connectivity index (χ1n) is 4.80. The molecule has 0 saturated heterocycles. The van der Waals surface area contributed by atoms with Gasteiger partial charge in [-0.1, -0.05) is 11.6 Å². The minimum absolute atomic E-state index is 0.0615. The highest BCUT2D eigenvalue weighted by Gasteiger charge is 2.16. The quantitative estimate of drug-likeness (QED) is 0.824. The zero-order valence-corrected chi connectivity index (χ0v) is 11.3. The second kappa shape index (κ2) is 4.99. The average Bonchev–Trinajstić information content (AvgIpc) is 2.32. The van der Waals surface area contributed by atoms with Crippen LogP contribution in [0.25, 0.3) is 0 Å². The number of nitrogens with zero attached hydrogens (tertiary/aromatic N) is 1. The molecule has 0 aliphatic carbocycles. The lowest BCUT2D eigenvalue weighted by atomic mass is 10.2. The number of hydrogen-bond donors (Lipinski definition) is 2. The largest absolute Gasteiger partial charge is 0.450 e. The van der Waals surface area contributed by atoms with Crippen molar-refractivity contribution in [1.82, 2.24) is 4.98 Å². The summed E-state index contributed by atoms with van der Waals surface area (Å²) >= 11 is 8.92. The zero-order valence-electron chi connectivity index (χ0n) is 8.95. The van der Waals surface area contributed by atoms with Crippen molar-refractivity contribution in [3.05, 3.63) is 39.8 Å². The average molecular weight is 333 g/mol. The molecule has 0 saturated carbocycles. The van der Waals surface area contributed by atoms with Gasteiger partial charge in [-0.15, -0.1) is 0 Å². The summed E-state index contributed by atoms with van der Waals surface area (Å²) in [5.41, 5.74) is 11.2. The number of aromatic nitrogens is 1. The molecule has 4 N–H and O–H groups in total. The zero-order chi connectivity index (χ0) is 13.3. The van der Waals surface area contributed by atoms with E-state index >= 15 is 0 Å². The van der Waals surface area contributed by atoms with Crippen LogP contribution in [0.4, 0.5) is 15.8 Å². The fraction of sp³-hybridized carbons (Fsp3) is 0. The molecular weight excluding hydrogens is 324 g/mol. The van der Waals surface area contributed by atoms with Crippen LogP contribution in [0.15, 0.2) is 29.0 Å². The van der Waals surface area contributed by atoms with Gasteiger partial charge in [0.15, 0.2) is 11.6 Å². The molecule has 4 nitrogen and oxygen atoms in total. The number of pyridine rings is 1. The van der Waals surface area contributed by atoms with Gasteiger partial charge in [0.25, 0.3) is 0 Å². The summed E-state index contributed by atoms with van der Waals surface area (Å²) < 4.78 is 19.9. The monoisotopic (exact) mass is 331 g/mol. The van der Waals surface area contributed by atoms with Crippen molar-refractivity contribution in [2.24, 2.45) is 0 Å². The van der Waals surface area contributed by atoms with Gasteiger partial charge < -0.3 is 16.2 Å². The minimum atomic E-state index is -0.797. The molecule has 0 spiro atoms. The number of ether oxygens (including phenoxy) is 1. The highest BCUT2D eigenvalue weighted by atomic mass is 79.9. The first kappa shape index (κ1) is 12.9. The fourth-order valence-electron chi connectivity index (χ4n) is 1.32.